The number of amides is 1. The van der Waals surface area contributed by atoms with Gasteiger partial charge < -0.3 is 10.6 Å². The second kappa shape index (κ2) is 6.29. The predicted octanol–water partition coefficient (Wildman–Crippen LogP) is 3.17. The van der Waals surface area contributed by atoms with Gasteiger partial charge >= 0.3 is 0 Å². The molecule has 0 aliphatic rings. The number of rotatable bonds is 4. The van der Waals surface area contributed by atoms with Gasteiger partial charge in [-0.15, -0.1) is 0 Å². The molecule has 0 aliphatic carbocycles. The number of benzene rings is 2. The first-order chi connectivity index (χ1) is 9.91. The fourth-order valence-electron chi connectivity index (χ4n) is 2.29. The third-order valence-corrected chi connectivity index (χ3v) is 3.71. The van der Waals surface area contributed by atoms with Crippen molar-refractivity contribution < 1.29 is 4.79 Å². The molecule has 0 saturated heterocycles. The van der Waals surface area contributed by atoms with Gasteiger partial charge in [-0.25, -0.2) is 0 Å². The molecule has 4 heteroatoms. The van der Waals surface area contributed by atoms with Gasteiger partial charge in [0, 0.05) is 18.6 Å². The molecular weight excluding hydrogens is 284 g/mol. The summed E-state index contributed by atoms with van der Waals surface area (Å²) in [5.41, 5.74) is 6.98. The number of nitrogens with zero attached hydrogens (tertiary/aromatic N) is 1. The van der Waals surface area contributed by atoms with Crippen LogP contribution >= 0.6 is 11.6 Å². The predicted molar refractivity (Wildman–Crippen MR) is 85.9 cm³/mol. The maximum absolute atomic E-state index is 12.6. The first-order valence-corrected chi connectivity index (χ1v) is 7.13. The molecule has 0 fully saturated rings. The van der Waals surface area contributed by atoms with E-state index in [1.165, 1.54) is 0 Å². The van der Waals surface area contributed by atoms with Gasteiger partial charge in [0.1, 0.15) is 5.54 Å². The number of likely N-dealkylation sites (N-methyl/N-ethyl adjacent to an activating group) is 1. The maximum Gasteiger partial charge on any atom is 0.247 e. The quantitative estimate of drug-likeness (QED) is 0.943. The number of hydrogen-bond donors (Lipinski definition) is 1. The van der Waals surface area contributed by atoms with Gasteiger partial charge in [-0.1, -0.05) is 54.1 Å². The Morgan fingerprint density at radius 1 is 1.19 bits per heavy atom. The van der Waals surface area contributed by atoms with E-state index in [0.29, 0.717) is 11.6 Å². The zero-order valence-corrected chi connectivity index (χ0v) is 13.0. The van der Waals surface area contributed by atoms with Gasteiger partial charge in [-0.3, -0.25) is 4.79 Å². The Kier molecular flexibility index (Phi) is 4.66. The molecular formula is C17H19ClN2O. The molecule has 21 heavy (non-hydrogen) atoms. The number of halogens is 1. The zero-order valence-electron chi connectivity index (χ0n) is 12.2. The molecule has 0 aromatic heterocycles. The minimum atomic E-state index is -1.05. The molecule has 1 unspecified atom stereocenters. The molecule has 0 heterocycles. The van der Waals surface area contributed by atoms with Crippen molar-refractivity contribution in [2.45, 2.75) is 19.0 Å². The van der Waals surface area contributed by atoms with Crippen molar-refractivity contribution in [3.8, 4) is 0 Å². The highest BCUT2D eigenvalue weighted by molar-refractivity contribution is 6.30. The van der Waals surface area contributed by atoms with E-state index in [4.69, 9.17) is 17.3 Å². The highest BCUT2D eigenvalue weighted by atomic mass is 35.5. The van der Waals surface area contributed by atoms with E-state index in [2.05, 4.69) is 0 Å². The summed E-state index contributed by atoms with van der Waals surface area (Å²) in [6.45, 7) is 2.21. The third kappa shape index (κ3) is 3.63. The van der Waals surface area contributed by atoms with Crippen molar-refractivity contribution in [1.82, 2.24) is 4.90 Å². The van der Waals surface area contributed by atoms with E-state index in [9.17, 15) is 4.79 Å². The summed E-state index contributed by atoms with van der Waals surface area (Å²) < 4.78 is 0. The topological polar surface area (TPSA) is 46.3 Å². The lowest BCUT2D eigenvalue weighted by Crippen LogP contribution is -2.49. The van der Waals surface area contributed by atoms with E-state index in [0.717, 1.165) is 11.1 Å². The Labute approximate surface area is 130 Å². The Balaban J connectivity index is 2.15. The average molecular weight is 303 g/mol. The monoisotopic (exact) mass is 302 g/mol. The largest absolute Gasteiger partial charge is 0.340 e. The summed E-state index contributed by atoms with van der Waals surface area (Å²) in [6.07, 6.45) is 0. The Morgan fingerprint density at radius 2 is 1.86 bits per heavy atom. The molecule has 1 amide bonds. The summed E-state index contributed by atoms with van der Waals surface area (Å²) >= 11 is 5.97. The lowest BCUT2D eigenvalue weighted by molar-refractivity contribution is -0.136. The highest BCUT2D eigenvalue weighted by Gasteiger charge is 2.32. The van der Waals surface area contributed by atoms with E-state index >= 15 is 0 Å². The SMILES string of the molecule is CN(Cc1cccc(Cl)c1)C(=O)C(C)(N)c1ccccc1. The van der Waals surface area contributed by atoms with Crippen molar-refractivity contribution >= 4 is 17.5 Å². The number of carbonyl (C=O) groups is 1. The standard InChI is InChI=1S/C17H19ClN2O/c1-17(19,14-8-4-3-5-9-14)16(21)20(2)12-13-7-6-10-15(18)11-13/h3-11H,12,19H2,1-2H3. The Bertz CT molecular complexity index is 626. The molecule has 0 spiro atoms. The van der Waals surface area contributed by atoms with Crippen molar-refractivity contribution in [1.29, 1.82) is 0 Å². The van der Waals surface area contributed by atoms with E-state index in [1.807, 2.05) is 54.6 Å². The minimum absolute atomic E-state index is 0.131. The number of hydrogen-bond acceptors (Lipinski definition) is 2. The van der Waals surface area contributed by atoms with Crippen LogP contribution in [-0.4, -0.2) is 17.9 Å². The van der Waals surface area contributed by atoms with Gasteiger partial charge in [0.05, 0.1) is 0 Å². The third-order valence-electron chi connectivity index (χ3n) is 3.47. The van der Waals surface area contributed by atoms with Crippen LogP contribution in [0, 0.1) is 0 Å². The molecule has 0 aliphatic heterocycles. The molecule has 1 atom stereocenters. The van der Waals surface area contributed by atoms with Gasteiger partial charge in [0.25, 0.3) is 0 Å². The van der Waals surface area contributed by atoms with Crippen LogP contribution in [0.25, 0.3) is 0 Å². The molecule has 0 radical (unpaired) electrons. The summed E-state index contributed by atoms with van der Waals surface area (Å²) in [6, 6.07) is 16.9. The molecule has 110 valence electrons. The van der Waals surface area contributed by atoms with Crippen LogP contribution in [0.1, 0.15) is 18.1 Å². The highest BCUT2D eigenvalue weighted by Crippen LogP contribution is 2.21. The summed E-state index contributed by atoms with van der Waals surface area (Å²) in [5, 5.41) is 0.659. The smallest absolute Gasteiger partial charge is 0.247 e. The van der Waals surface area contributed by atoms with Crippen LogP contribution in [-0.2, 0) is 16.9 Å². The van der Waals surface area contributed by atoms with E-state index < -0.39 is 5.54 Å². The van der Waals surface area contributed by atoms with Crippen molar-refractivity contribution in [2.75, 3.05) is 7.05 Å². The van der Waals surface area contributed by atoms with Gasteiger partial charge in [-0.2, -0.15) is 0 Å². The zero-order chi connectivity index (χ0) is 15.5. The van der Waals surface area contributed by atoms with Crippen LogP contribution in [0.4, 0.5) is 0 Å². The molecule has 2 aromatic rings. The molecule has 0 saturated carbocycles. The summed E-state index contributed by atoms with van der Waals surface area (Å²) in [7, 11) is 1.75. The lowest BCUT2D eigenvalue weighted by atomic mass is 9.91. The molecule has 2 aromatic carbocycles. The van der Waals surface area contributed by atoms with Crippen LogP contribution in [0.2, 0.25) is 5.02 Å². The average Bonchev–Trinajstić information content (AvgIpc) is 2.47. The Morgan fingerprint density at radius 3 is 2.48 bits per heavy atom. The van der Waals surface area contributed by atoms with Crippen molar-refractivity contribution in [2.24, 2.45) is 5.73 Å². The molecule has 3 nitrogen and oxygen atoms in total. The number of carbonyl (C=O) groups excluding carboxylic acids is 1. The van der Waals surface area contributed by atoms with Gasteiger partial charge in [0.2, 0.25) is 5.91 Å². The molecule has 0 bridgehead atoms. The second-order valence-corrected chi connectivity index (χ2v) is 5.80. The molecule has 2 rings (SSSR count). The summed E-state index contributed by atoms with van der Waals surface area (Å²) in [4.78, 5) is 14.2. The summed E-state index contributed by atoms with van der Waals surface area (Å²) in [5.74, 6) is -0.131. The number of nitrogens with two attached hydrogens (primary N) is 1. The fourth-order valence-corrected chi connectivity index (χ4v) is 2.50. The van der Waals surface area contributed by atoms with Crippen LogP contribution in [0.5, 0.6) is 0 Å². The maximum atomic E-state index is 12.6. The second-order valence-electron chi connectivity index (χ2n) is 5.36. The van der Waals surface area contributed by atoms with Crippen molar-refractivity contribution in [3.63, 3.8) is 0 Å². The first kappa shape index (κ1) is 15.5. The lowest BCUT2D eigenvalue weighted by Gasteiger charge is -2.29. The Hall–Kier alpha value is -1.84. The van der Waals surface area contributed by atoms with Gasteiger partial charge in [-0.05, 0) is 30.2 Å². The van der Waals surface area contributed by atoms with Crippen molar-refractivity contribution in [3.05, 3.63) is 70.7 Å². The van der Waals surface area contributed by atoms with Crippen LogP contribution in [0.3, 0.4) is 0 Å². The fraction of sp³-hybridized carbons (Fsp3) is 0.235. The normalized spacial score (nSPS) is 13.5. The van der Waals surface area contributed by atoms with Crippen LogP contribution < -0.4 is 5.73 Å². The van der Waals surface area contributed by atoms with E-state index in [1.54, 1.807) is 18.9 Å². The van der Waals surface area contributed by atoms with Gasteiger partial charge in [0.15, 0.2) is 0 Å². The first-order valence-electron chi connectivity index (χ1n) is 6.75. The molecule has 2 N–H and O–H groups in total. The van der Waals surface area contributed by atoms with E-state index in [-0.39, 0.29) is 5.91 Å². The minimum Gasteiger partial charge on any atom is -0.340 e. The van der Waals surface area contributed by atoms with Crippen LogP contribution in [0.15, 0.2) is 54.6 Å².